The van der Waals surface area contributed by atoms with Crippen LogP contribution in [0.5, 0.6) is 0 Å². The Labute approximate surface area is 158 Å². The van der Waals surface area contributed by atoms with Gasteiger partial charge in [-0.25, -0.2) is 9.97 Å². The highest BCUT2D eigenvalue weighted by Gasteiger charge is 2.30. The Morgan fingerprint density at radius 2 is 2.11 bits per heavy atom. The van der Waals surface area contributed by atoms with E-state index in [2.05, 4.69) is 20.4 Å². The monoisotopic (exact) mass is 368 g/mol. The highest BCUT2D eigenvalue weighted by molar-refractivity contribution is 5.94. The van der Waals surface area contributed by atoms with Gasteiger partial charge >= 0.3 is 0 Å². The first-order valence-corrected chi connectivity index (χ1v) is 9.51. The van der Waals surface area contributed by atoms with Crippen LogP contribution >= 0.6 is 0 Å². The Bertz CT molecular complexity index is 858. The lowest BCUT2D eigenvalue weighted by atomic mass is 9.84. The number of aromatic nitrogens is 4. The van der Waals surface area contributed by atoms with Gasteiger partial charge in [0, 0.05) is 25.2 Å². The minimum absolute atomic E-state index is 0.210. The van der Waals surface area contributed by atoms with Crippen LogP contribution in [0.15, 0.2) is 18.6 Å². The average molecular weight is 368 g/mol. The third-order valence-corrected chi connectivity index (χ3v) is 5.42. The van der Waals surface area contributed by atoms with Crippen LogP contribution in [-0.4, -0.2) is 43.0 Å². The maximum atomic E-state index is 12.6. The second-order valence-corrected chi connectivity index (χ2v) is 7.30. The smallest absolute Gasteiger partial charge is 0.255 e. The Balaban J connectivity index is 1.41. The first kappa shape index (κ1) is 17.6. The van der Waals surface area contributed by atoms with Gasteiger partial charge in [-0.05, 0) is 32.3 Å². The number of carbonyl (C=O) groups is 2. The molecule has 1 saturated carbocycles. The van der Waals surface area contributed by atoms with Crippen LogP contribution in [0.4, 0.5) is 0 Å². The lowest BCUT2D eigenvalue weighted by molar-refractivity contribution is -0.138. The third-order valence-electron chi connectivity index (χ3n) is 5.42. The number of hydrogen-bond acceptors (Lipinski definition) is 5. The Kier molecular flexibility index (Phi) is 4.87. The number of rotatable bonds is 4. The molecule has 3 heterocycles. The molecule has 1 aliphatic heterocycles. The molecule has 0 bridgehead atoms. The highest BCUT2D eigenvalue weighted by atomic mass is 16.2. The number of nitrogens with zero attached hydrogens (tertiary/aromatic N) is 5. The van der Waals surface area contributed by atoms with E-state index in [-0.39, 0.29) is 17.7 Å². The van der Waals surface area contributed by atoms with Gasteiger partial charge in [0.05, 0.1) is 35.7 Å². The zero-order chi connectivity index (χ0) is 18.8. The van der Waals surface area contributed by atoms with E-state index in [0.29, 0.717) is 24.3 Å². The number of nitrogens with one attached hydrogen (secondary N) is 1. The van der Waals surface area contributed by atoms with Gasteiger partial charge in [-0.15, -0.1) is 0 Å². The van der Waals surface area contributed by atoms with Crippen molar-refractivity contribution in [3.8, 4) is 0 Å². The Morgan fingerprint density at radius 3 is 2.85 bits per heavy atom. The van der Waals surface area contributed by atoms with Crippen molar-refractivity contribution in [1.82, 2.24) is 30.0 Å². The standard InChI is InChI=1S/C19H24N6O2/c1-13-17(10-20-12-22-13)18(26)21-9-15-8-16-11-24(6-3-7-25(16)23-15)19(27)14-4-2-5-14/h8,10,12,14H,2-7,9,11H2,1H3,(H,21,26). The number of aryl methyl sites for hydroxylation is 2. The van der Waals surface area contributed by atoms with E-state index in [1.807, 2.05) is 15.6 Å². The van der Waals surface area contributed by atoms with E-state index in [0.717, 1.165) is 50.2 Å². The van der Waals surface area contributed by atoms with E-state index in [1.54, 1.807) is 6.92 Å². The molecule has 27 heavy (non-hydrogen) atoms. The highest BCUT2D eigenvalue weighted by Crippen LogP contribution is 2.29. The third kappa shape index (κ3) is 3.70. The molecular weight excluding hydrogens is 344 g/mol. The van der Waals surface area contributed by atoms with Crippen LogP contribution in [0, 0.1) is 12.8 Å². The van der Waals surface area contributed by atoms with Gasteiger partial charge in [-0.2, -0.15) is 5.10 Å². The van der Waals surface area contributed by atoms with Crippen LogP contribution in [0.25, 0.3) is 0 Å². The van der Waals surface area contributed by atoms with Gasteiger partial charge in [0.2, 0.25) is 5.91 Å². The molecule has 2 aromatic heterocycles. The van der Waals surface area contributed by atoms with Crippen LogP contribution in [0.3, 0.4) is 0 Å². The maximum absolute atomic E-state index is 12.6. The molecule has 2 aromatic rings. The van der Waals surface area contributed by atoms with Crippen molar-refractivity contribution in [2.75, 3.05) is 6.54 Å². The summed E-state index contributed by atoms with van der Waals surface area (Å²) < 4.78 is 1.96. The van der Waals surface area contributed by atoms with Crippen LogP contribution in [-0.2, 0) is 24.4 Å². The summed E-state index contributed by atoms with van der Waals surface area (Å²) in [4.78, 5) is 34.8. The Morgan fingerprint density at radius 1 is 1.26 bits per heavy atom. The van der Waals surface area contributed by atoms with E-state index in [4.69, 9.17) is 0 Å². The number of amides is 2. The first-order chi connectivity index (χ1) is 13.1. The molecule has 1 fully saturated rings. The van der Waals surface area contributed by atoms with Crippen molar-refractivity contribution >= 4 is 11.8 Å². The first-order valence-electron chi connectivity index (χ1n) is 9.51. The predicted molar refractivity (Wildman–Crippen MR) is 97.5 cm³/mol. The summed E-state index contributed by atoms with van der Waals surface area (Å²) in [5.41, 5.74) is 2.94. The van der Waals surface area contributed by atoms with Gasteiger partial charge in [0.15, 0.2) is 0 Å². The van der Waals surface area contributed by atoms with Crippen LogP contribution in [0.1, 0.15) is 53.1 Å². The number of carbonyl (C=O) groups excluding carboxylic acids is 2. The molecule has 1 aliphatic carbocycles. The summed E-state index contributed by atoms with van der Waals surface area (Å²) in [5.74, 6) is 0.290. The van der Waals surface area contributed by atoms with Gasteiger partial charge in [0.1, 0.15) is 6.33 Å². The molecule has 0 radical (unpaired) electrons. The van der Waals surface area contributed by atoms with E-state index in [9.17, 15) is 9.59 Å². The van der Waals surface area contributed by atoms with Gasteiger partial charge in [-0.1, -0.05) is 6.42 Å². The molecule has 142 valence electrons. The molecule has 2 amide bonds. The topological polar surface area (TPSA) is 93.0 Å². The number of fused-ring (bicyclic) bond motifs is 1. The molecule has 4 rings (SSSR count). The lowest BCUT2D eigenvalue weighted by Gasteiger charge is -2.30. The molecule has 2 aliphatic rings. The summed E-state index contributed by atoms with van der Waals surface area (Å²) in [5, 5.41) is 7.48. The van der Waals surface area contributed by atoms with E-state index >= 15 is 0 Å². The van der Waals surface area contributed by atoms with Crippen LogP contribution in [0.2, 0.25) is 0 Å². The van der Waals surface area contributed by atoms with Gasteiger partial charge in [0.25, 0.3) is 5.91 Å². The van der Waals surface area contributed by atoms with Gasteiger partial charge in [-0.3, -0.25) is 14.3 Å². The molecule has 8 heteroatoms. The molecule has 0 atom stereocenters. The fraction of sp³-hybridized carbons (Fsp3) is 0.526. The molecule has 0 spiro atoms. The Hall–Kier alpha value is -2.77. The molecule has 0 saturated heterocycles. The predicted octanol–water partition coefficient (Wildman–Crippen LogP) is 1.44. The van der Waals surface area contributed by atoms with Crippen molar-refractivity contribution in [1.29, 1.82) is 0 Å². The van der Waals surface area contributed by atoms with Crippen LogP contribution < -0.4 is 5.32 Å². The summed E-state index contributed by atoms with van der Waals surface area (Å²) in [6.07, 6.45) is 7.06. The minimum Gasteiger partial charge on any atom is -0.346 e. The molecule has 0 aromatic carbocycles. The van der Waals surface area contributed by atoms with Crippen molar-refractivity contribution in [2.24, 2.45) is 5.92 Å². The average Bonchev–Trinajstić information content (AvgIpc) is 2.88. The zero-order valence-electron chi connectivity index (χ0n) is 15.5. The van der Waals surface area contributed by atoms with Crippen molar-refractivity contribution < 1.29 is 9.59 Å². The van der Waals surface area contributed by atoms with Crippen molar-refractivity contribution in [2.45, 2.75) is 52.2 Å². The number of hydrogen-bond donors (Lipinski definition) is 1. The second-order valence-electron chi connectivity index (χ2n) is 7.30. The van der Waals surface area contributed by atoms with Gasteiger partial charge < -0.3 is 10.2 Å². The largest absolute Gasteiger partial charge is 0.346 e. The molecular formula is C19H24N6O2. The summed E-state index contributed by atoms with van der Waals surface area (Å²) >= 11 is 0. The fourth-order valence-corrected chi connectivity index (χ4v) is 3.59. The molecule has 1 N–H and O–H groups in total. The summed E-state index contributed by atoms with van der Waals surface area (Å²) in [6.45, 7) is 4.30. The molecule has 8 nitrogen and oxygen atoms in total. The minimum atomic E-state index is -0.210. The summed E-state index contributed by atoms with van der Waals surface area (Å²) in [7, 11) is 0. The zero-order valence-corrected chi connectivity index (χ0v) is 15.5. The molecule has 0 unspecified atom stereocenters. The second kappa shape index (κ2) is 7.46. The normalized spacial score (nSPS) is 17.0. The maximum Gasteiger partial charge on any atom is 0.255 e. The fourth-order valence-electron chi connectivity index (χ4n) is 3.59. The van der Waals surface area contributed by atoms with Crippen molar-refractivity contribution in [3.63, 3.8) is 0 Å². The van der Waals surface area contributed by atoms with E-state index < -0.39 is 0 Å². The lowest BCUT2D eigenvalue weighted by Crippen LogP contribution is -2.38. The van der Waals surface area contributed by atoms with Crippen molar-refractivity contribution in [3.05, 3.63) is 41.2 Å². The summed E-state index contributed by atoms with van der Waals surface area (Å²) in [6, 6.07) is 1.99. The SMILES string of the molecule is Cc1ncncc1C(=O)NCc1cc2n(n1)CCCN(C(=O)C1CCC1)C2. The van der Waals surface area contributed by atoms with E-state index in [1.165, 1.54) is 12.5 Å². The quantitative estimate of drug-likeness (QED) is 0.882.